The predicted octanol–water partition coefficient (Wildman–Crippen LogP) is 6.34. The van der Waals surface area contributed by atoms with Gasteiger partial charge < -0.3 is 9.47 Å². The van der Waals surface area contributed by atoms with Crippen LogP contribution >= 0.6 is 11.6 Å². The van der Waals surface area contributed by atoms with Crippen molar-refractivity contribution in [1.82, 2.24) is 0 Å². The van der Waals surface area contributed by atoms with E-state index in [-0.39, 0.29) is 0 Å². The monoisotopic (exact) mass is 429 g/mol. The Morgan fingerprint density at radius 3 is 2.29 bits per heavy atom. The number of esters is 1. The molecule has 5 heteroatoms. The molecule has 0 atom stereocenters. The first-order valence-electron chi connectivity index (χ1n) is 9.51. The van der Waals surface area contributed by atoms with Crippen molar-refractivity contribution in [2.24, 2.45) is 0 Å². The lowest BCUT2D eigenvalue weighted by Crippen LogP contribution is -2.05. The molecule has 0 aliphatic carbocycles. The molecule has 0 heterocycles. The van der Waals surface area contributed by atoms with E-state index in [4.69, 9.17) is 21.1 Å². The third-order valence-corrected chi connectivity index (χ3v) is 4.73. The second kappa shape index (κ2) is 10.3. The maximum absolute atomic E-state index is 12.2. The standard InChI is InChI=1S/C26H20ClNO3/c1-18-3-5-19(6-4-18)8-14-26(29)31-24-13-7-20(16-25(24)30-2)15-22(17-28)21-9-11-23(27)12-10-21/h3-16H,1-2H3/b14-8+,22-15-. The van der Waals surface area contributed by atoms with Gasteiger partial charge in [0, 0.05) is 11.1 Å². The number of rotatable bonds is 6. The van der Waals surface area contributed by atoms with Gasteiger partial charge in [-0.05, 0) is 60.0 Å². The molecule has 0 aromatic heterocycles. The Bertz CT molecular complexity index is 1170. The summed E-state index contributed by atoms with van der Waals surface area (Å²) < 4.78 is 10.8. The fourth-order valence-corrected chi connectivity index (χ4v) is 2.94. The largest absolute Gasteiger partial charge is 0.493 e. The van der Waals surface area contributed by atoms with Crippen LogP contribution in [-0.2, 0) is 4.79 Å². The molecule has 0 fully saturated rings. The van der Waals surface area contributed by atoms with Gasteiger partial charge in [0.1, 0.15) is 0 Å². The second-order valence-corrected chi connectivity index (χ2v) is 7.19. The highest BCUT2D eigenvalue weighted by atomic mass is 35.5. The summed E-state index contributed by atoms with van der Waals surface area (Å²) in [5.41, 5.74) is 4.01. The van der Waals surface area contributed by atoms with Gasteiger partial charge >= 0.3 is 5.97 Å². The van der Waals surface area contributed by atoms with E-state index in [1.807, 2.05) is 31.2 Å². The smallest absolute Gasteiger partial charge is 0.336 e. The van der Waals surface area contributed by atoms with Crippen LogP contribution < -0.4 is 9.47 Å². The van der Waals surface area contributed by atoms with E-state index in [9.17, 15) is 10.1 Å². The zero-order valence-corrected chi connectivity index (χ0v) is 17.9. The fraction of sp³-hybridized carbons (Fsp3) is 0.0769. The molecule has 31 heavy (non-hydrogen) atoms. The molecule has 3 rings (SSSR count). The van der Waals surface area contributed by atoms with E-state index in [0.717, 1.165) is 22.3 Å². The summed E-state index contributed by atoms with van der Waals surface area (Å²) in [5.74, 6) is 0.170. The summed E-state index contributed by atoms with van der Waals surface area (Å²) in [6, 6.07) is 22.1. The molecule has 0 saturated carbocycles. The van der Waals surface area contributed by atoms with Crippen LogP contribution in [0.1, 0.15) is 22.3 Å². The number of methoxy groups -OCH3 is 1. The minimum atomic E-state index is -0.513. The number of benzene rings is 3. The zero-order chi connectivity index (χ0) is 22.2. The van der Waals surface area contributed by atoms with E-state index < -0.39 is 5.97 Å². The molecule has 4 nitrogen and oxygen atoms in total. The number of halogens is 1. The number of aryl methyl sites for hydroxylation is 1. The van der Waals surface area contributed by atoms with Crippen LogP contribution in [0.15, 0.2) is 72.8 Å². The minimum absolute atomic E-state index is 0.295. The third kappa shape index (κ3) is 6.08. The molecule has 0 N–H and O–H groups in total. The maximum atomic E-state index is 12.2. The first-order valence-corrected chi connectivity index (χ1v) is 9.88. The molecule has 0 radical (unpaired) electrons. The Balaban J connectivity index is 1.77. The highest BCUT2D eigenvalue weighted by Gasteiger charge is 2.10. The van der Waals surface area contributed by atoms with Crippen LogP contribution in [-0.4, -0.2) is 13.1 Å². The van der Waals surface area contributed by atoms with E-state index in [1.165, 1.54) is 13.2 Å². The van der Waals surface area contributed by atoms with Gasteiger partial charge in [-0.15, -0.1) is 0 Å². The van der Waals surface area contributed by atoms with Gasteiger partial charge in [-0.1, -0.05) is 59.6 Å². The Labute approximate surface area is 186 Å². The summed E-state index contributed by atoms with van der Waals surface area (Å²) in [4.78, 5) is 12.2. The van der Waals surface area contributed by atoms with Gasteiger partial charge in [-0.2, -0.15) is 5.26 Å². The Kier molecular flexibility index (Phi) is 7.26. The van der Waals surface area contributed by atoms with Crippen LogP contribution in [0, 0.1) is 18.3 Å². The van der Waals surface area contributed by atoms with Crippen molar-refractivity contribution in [1.29, 1.82) is 5.26 Å². The van der Waals surface area contributed by atoms with Crippen LogP contribution in [0.2, 0.25) is 5.02 Å². The van der Waals surface area contributed by atoms with Crippen LogP contribution in [0.4, 0.5) is 0 Å². The van der Waals surface area contributed by atoms with Crippen molar-refractivity contribution in [3.63, 3.8) is 0 Å². The van der Waals surface area contributed by atoms with Crippen molar-refractivity contribution in [3.05, 3.63) is 100 Å². The topological polar surface area (TPSA) is 59.3 Å². The number of carbonyl (C=O) groups is 1. The first kappa shape index (κ1) is 21.9. The van der Waals surface area contributed by atoms with E-state index in [0.29, 0.717) is 22.1 Å². The van der Waals surface area contributed by atoms with Gasteiger partial charge in [0.05, 0.1) is 18.8 Å². The average molecular weight is 430 g/mol. The molecule has 154 valence electrons. The van der Waals surface area contributed by atoms with Gasteiger partial charge in [0.2, 0.25) is 0 Å². The SMILES string of the molecule is COc1cc(/C=C(/C#N)c2ccc(Cl)cc2)ccc1OC(=O)/C=C/c1ccc(C)cc1. The zero-order valence-electron chi connectivity index (χ0n) is 17.1. The quantitative estimate of drug-likeness (QED) is 0.151. The number of hydrogen-bond acceptors (Lipinski definition) is 4. The molecule has 0 saturated heterocycles. The van der Waals surface area contributed by atoms with Crippen molar-refractivity contribution in [2.45, 2.75) is 6.92 Å². The van der Waals surface area contributed by atoms with Crippen molar-refractivity contribution >= 4 is 35.3 Å². The number of hydrogen-bond donors (Lipinski definition) is 0. The molecule has 0 bridgehead atoms. The Morgan fingerprint density at radius 2 is 1.65 bits per heavy atom. The Hall–Kier alpha value is -3.81. The lowest BCUT2D eigenvalue weighted by Gasteiger charge is -2.09. The Morgan fingerprint density at radius 1 is 0.968 bits per heavy atom. The van der Waals surface area contributed by atoms with E-state index >= 15 is 0 Å². The number of ether oxygens (including phenoxy) is 2. The average Bonchev–Trinajstić information content (AvgIpc) is 2.78. The van der Waals surface area contributed by atoms with Gasteiger partial charge in [0.25, 0.3) is 0 Å². The summed E-state index contributed by atoms with van der Waals surface area (Å²) in [5, 5.41) is 10.1. The molecule has 3 aromatic rings. The van der Waals surface area contributed by atoms with Crippen molar-refractivity contribution in [3.8, 4) is 17.6 Å². The molecule has 0 amide bonds. The molecular weight excluding hydrogens is 410 g/mol. The third-order valence-electron chi connectivity index (χ3n) is 4.47. The lowest BCUT2D eigenvalue weighted by atomic mass is 10.0. The molecule has 0 unspecified atom stereocenters. The molecule has 0 aliphatic rings. The van der Waals surface area contributed by atoms with Gasteiger partial charge in [-0.3, -0.25) is 0 Å². The fourth-order valence-electron chi connectivity index (χ4n) is 2.82. The summed E-state index contributed by atoms with van der Waals surface area (Å²) >= 11 is 5.92. The number of nitrogens with zero attached hydrogens (tertiary/aromatic N) is 1. The van der Waals surface area contributed by atoms with Crippen LogP contribution in [0.3, 0.4) is 0 Å². The first-order chi connectivity index (χ1) is 15.0. The number of carbonyl (C=O) groups excluding carboxylic acids is 1. The summed E-state index contributed by atoms with van der Waals surface area (Å²) in [6.07, 6.45) is 4.79. The van der Waals surface area contributed by atoms with Crippen LogP contribution in [0.5, 0.6) is 11.5 Å². The van der Waals surface area contributed by atoms with Crippen LogP contribution in [0.25, 0.3) is 17.7 Å². The normalized spacial score (nSPS) is 11.2. The predicted molar refractivity (Wildman–Crippen MR) is 124 cm³/mol. The van der Waals surface area contributed by atoms with Crippen molar-refractivity contribution in [2.75, 3.05) is 7.11 Å². The molecule has 3 aromatic carbocycles. The highest BCUT2D eigenvalue weighted by Crippen LogP contribution is 2.30. The maximum Gasteiger partial charge on any atom is 0.336 e. The van der Waals surface area contributed by atoms with E-state index in [1.54, 1.807) is 54.6 Å². The number of nitriles is 1. The summed E-state index contributed by atoms with van der Waals surface area (Å²) in [6.45, 7) is 2.00. The lowest BCUT2D eigenvalue weighted by molar-refractivity contribution is -0.129. The second-order valence-electron chi connectivity index (χ2n) is 6.75. The number of allylic oxidation sites excluding steroid dienone is 1. The molecular formula is C26H20ClNO3. The minimum Gasteiger partial charge on any atom is -0.493 e. The summed E-state index contributed by atoms with van der Waals surface area (Å²) in [7, 11) is 1.49. The van der Waals surface area contributed by atoms with Crippen molar-refractivity contribution < 1.29 is 14.3 Å². The highest BCUT2D eigenvalue weighted by molar-refractivity contribution is 6.30. The van der Waals surface area contributed by atoms with Gasteiger partial charge in [0.15, 0.2) is 11.5 Å². The van der Waals surface area contributed by atoms with Gasteiger partial charge in [-0.25, -0.2) is 4.79 Å². The molecule has 0 spiro atoms. The molecule has 0 aliphatic heterocycles. The van der Waals surface area contributed by atoms with E-state index in [2.05, 4.69) is 6.07 Å².